The molecule has 3 fully saturated rings. The van der Waals surface area contributed by atoms with Crippen molar-refractivity contribution in [3.8, 4) is 0 Å². The Labute approximate surface area is 218 Å². The van der Waals surface area contributed by atoms with Crippen LogP contribution < -0.4 is 5.32 Å². The number of aromatic nitrogens is 2. The van der Waals surface area contributed by atoms with Crippen molar-refractivity contribution >= 4 is 34.4 Å². The van der Waals surface area contributed by atoms with Crippen LogP contribution in [-0.4, -0.2) is 33.7 Å². The van der Waals surface area contributed by atoms with Gasteiger partial charge in [0.15, 0.2) is 0 Å². The van der Waals surface area contributed by atoms with Crippen LogP contribution in [0.3, 0.4) is 0 Å². The van der Waals surface area contributed by atoms with E-state index in [-0.39, 0.29) is 28.6 Å². The lowest BCUT2D eigenvalue weighted by molar-refractivity contribution is -0.138. The van der Waals surface area contributed by atoms with E-state index in [1.54, 1.807) is 0 Å². The van der Waals surface area contributed by atoms with Gasteiger partial charge in [-0.15, -0.1) is 0 Å². The van der Waals surface area contributed by atoms with E-state index < -0.39 is 0 Å². The average molecular weight is 509 g/mol. The fourth-order valence-corrected chi connectivity index (χ4v) is 9.12. The highest BCUT2D eigenvalue weighted by Gasteiger charge is 2.61. The van der Waals surface area contributed by atoms with E-state index in [0.717, 1.165) is 55.4 Å². The van der Waals surface area contributed by atoms with Crippen molar-refractivity contribution in [2.75, 3.05) is 7.05 Å². The molecule has 2 amide bonds. The minimum atomic E-state index is 0.0250. The van der Waals surface area contributed by atoms with Gasteiger partial charge in [-0.05, 0) is 86.8 Å². The van der Waals surface area contributed by atoms with Crippen molar-refractivity contribution in [3.63, 3.8) is 0 Å². The minimum absolute atomic E-state index is 0.0250. The number of hydrogen-bond donors (Lipinski definition) is 2. The van der Waals surface area contributed by atoms with Gasteiger partial charge in [-0.3, -0.25) is 9.59 Å². The van der Waals surface area contributed by atoms with Crippen molar-refractivity contribution in [1.82, 2.24) is 20.2 Å². The number of imidazole rings is 1. The van der Waals surface area contributed by atoms with Gasteiger partial charge >= 0.3 is 0 Å². The lowest BCUT2D eigenvalue weighted by Gasteiger charge is -2.59. The van der Waals surface area contributed by atoms with Crippen molar-refractivity contribution in [3.05, 3.63) is 40.3 Å². The highest BCUT2D eigenvalue weighted by molar-refractivity contribution is 6.31. The summed E-state index contributed by atoms with van der Waals surface area (Å²) in [5, 5.41) is 3.87. The van der Waals surface area contributed by atoms with E-state index in [1.807, 2.05) is 30.1 Å². The van der Waals surface area contributed by atoms with Crippen LogP contribution in [0.25, 0.3) is 11.0 Å². The first-order valence-electron chi connectivity index (χ1n) is 13.5. The Balaban J connectivity index is 1.20. The zero-order chi connectivity index (χ0) is 25.4. The molecule has 2 heterocycles. The standard InChI is InChI=1S/C29H37ClN4O2/c1-16-13-18-19-6-7-21(27(36)31-15-24-32-22-8-5-17(30)14-23(22)33-24)28(19,2)11-9-20(18)29(3)12-10-25(35)34(4)26(16)29/h5,8,14,18-21H,6-7,9-13,15H2,1-4H3,(H,31,36)(H,32,33)/t18-,19-,20-,21?,28-,29+/m0/s1. The molecule has 3 aliphatic carbocycles. The number of carbonyl (C=O) groups is 2. The summed E-state index contributed by atoms with van der Waals surface area (Å²) in [6.07, 6.45) is 6.96. The summed E-state index contributed by atoms with van der Waals surface area (Å²) in [4.78, 5) is 35.9. The Kier molecular flexibility index (Phi) is 5.56. The number of rotatable bonds is 3. The van der Waals surface area contributed by atoms with Crippen molar-refractivity contribution in [2.45, 2.75) is 72.3 Å². The van der Waals surface area contributed by atoms with Gasteiger partial charge in [0.05, 0.1) is 17.6 Å². The van der Waals surface area contributed by atoms with Crippen molar-refractivity contribution in [2.24, 2.45) is 34.5 Å². The number of amides is 2. The molecule has 1 unspecified atom stereocenters. The predicted molar refractivity (Wildman–Crippen MR) is 141 cm³/mol. The quantitative estimate of drug-likeness (QED) is 0.547. The SMILES string of the molecule is CC1=C2N(C)C(=O)CC[C@]2(C)[C@H]2CC[C@]3(C)C(C(=O)NCc4nc5ccc(Cl)cc5[nH]4)CC[C@H]3[C@@H]2C1. The number of nitrogens with zero attached hydrogens (tertiary/aromatic N) is 2. The molecule has 1 saturated heterocycles. The van der Waals surface area contributed by atoms with Gasteiger partial charge in [0.1, 0.15) is 5.82 Å². The Morgan fingerprint density at radius 2 is 2.03 bits per heavy atom. The van der Waals surface area contributed by atoms with Gasteiger partial charge in [-0.1, -0.05) is 31.0 Å². The Morgan fingerprint density at radius 3 is 2.83 bits per heavy atom. The van der Waals surface area contributed by atoms with E-state index in [4.69, 9.17) is 11.6 Å². The number of hydrogen-bond acceptors (Lipinski definition) is 3. The number of aromatic amines is 1. The van der Waals surface area contributed by atoms with Gasteiger partial charge in [0.25, 0.3) is 0 Å². The maximum atomic E-state index is 13.5. The molecular formula is C29H37ClN4O2. The first kappa shape index (κ1) is 24.0. The van der Waals surface area contributed by atoms with Crippen LogP contribution in [0.4, 0.5) is 0 Å². The molecule has 6 rings (SSSR count). The van der Waals surface area contributed by atoms with Crippen LogP contribution in [-0.2, 0) is 16.1 Å². The first-order valence-corrected chi connectivity index (χ1v) is 13.9. The molecule has 2 saturated carbocycles. The Hall–Kier alpha value is -2.34. The first-order chi connectivity index (χ1) is 17.1. The number of benzene rings is 1. The largest absolute Gasteiger partial charge is 0.349 e. The topological polar surface area (TPSA) is 78.1 Å². The molecule has 0 bridgehead atoms. The molecule has 1 aromatic heterocycles. The maximum Gasteiger partial charge on any atom is 0.226 e. The molecule has 6 nitrogen and oxygen atoms in total. The Bertz CT molecular complexity index is 1280. The van der Waals surface area contributed by atoms with Crippen LogP contribution in [0.5, 0.6) is 0 Å². The number of nitrogens with one attached hydrogen (secondary N) is 2. The molecular weight excluding hydrogens is 472 g/mol. The smallest absolute Gasteiger partial charge is 0.226 e. The molecule has 1 aliphatic heterocycles. The van der Waals surface area contributed by atoms with Crippen molar-refractivity contribution < 1.29 is 9.59 Å². The molecule has 4 aliphatic rings. The molecule has 6 atom stereocenters. The third-order valence-corrected chi connectivity index (χ3v) is 10.8. The zero-order valence-electron chi connectivity index (χ0n) is 21.8. The van der Waals surface area contributed by atoms with E-state index in [0.29, 0.717) is 35.7 Å². The van der Waals surface area contributed by atoms with Crippen LogP contribution in [0, 0.1) is 34.5 Å². The summed E-state index contributed by atoms with van der Waals surface area (Å²) in [5.74, 6) is 2.95. The minimum Gasteiger partial charge on any atom is -0.349 e. The number of allylic oxidation sites excluding steroid dienone is 2. The van der Waals surface area contributed by atoms with Crippen LogP contribution in [0.2, 0.25) is 5.02 Å². The molecule has 1 aromatic carbocycles. The Morgan fingerprint density at radius 1 is 1.22 bits per heavy atom. The van der Waals surface area contributed by atoms with E-state index >= 15 is 0 Å². The van der Waals surface area contributed by atoms with Gasteiger partial charge in [-0.25, -0.2) is 4.98 Å². The number of fused-ring (bicyclic) bond motifs is 6. The number of carbonyl (C=O) groups excluding carboxylic acids is 2. The van der Waals surface area contributed by atoms with Crippen molar-refractivity contribution in [1.29, 1.82) is 0 Å². The summed E-state index contributed by atoms with van der Waals surface area (Å²) in [6.45, 7) is 7.43. The fraction of sp³-hybridized carbons (Fsp3) is 0.621. The summed E-state index contributed by atoms with van der Waals surface area (Å²) < 4.78 is 0. The summed E-state index contributed by atoms with van der Waals surface area (Å²) in [6, 6.07) is 5.59. The highest BCUT2D eigenvalue weighted by atomic mass is 35.5. The molecule has 7 heteroatoms. The monoisotopic (exact) mass is 508 g/mol. The number of halogens is 1. The molecule has 0 spiro atoms. The lowest BCUT2D eigenvalue weighted by Crippen LogP contribution is -2.55. The second-order valence-corrected chi connectivity index (χ2v) is 12.8. The van der Waals surface area contributed by atoms with Gasteiger partial charge < -0.3 is 15.2 Å². The molecule has 2 N–H and O–H groups in total. The predicted octanol–water partition coefficient (Wildman–Crippen LogP) is 5.83. The van der Waals surface area contributed by atoms with Gasteiger partial charge in [0, 0.05) is 35.5 Å². The van der Waals surface area contributed by atoms with Crippen LogP contribution >= 0.6 is 11.6 Å². The van der Waals surface area contributed by atoms with Crippen LogP contribution in [0.1, 0.15) is 71.5 Å². The third kappa shape index (κ3) is 3.47. The normalized spacial score (nSPS) is 36.0. The lowest BCUT2D eigenvalue weighted by atomic mass is 9.48. The molecule has 0 radical (unpaired) electrons. The molecule has 2 aromatic rings. The second kappa shape index (κ2) is 8.34. The average Bonchev–Trinajstić information content (AvgIpc) is 3.40. The number of piperidine rings is 1. The zero-order valence-corrected chi connectivity index (χ0v) is 22.5. The summed E-state index contributed by atoms with van der Waals surface area (Å²) in [5.41, 5.74) is 4.53. The summed E-state index contributed by atoms with van der Waals surface area (Å²) in [7, 11) is 1.97. The number of H-pyrrole nitrogens is 1. The fourth-order valence-electron chi connectivity index (χ4n) is 8.95. The van der Waals surface area contributed by atoms with Gasteiger partial charge in [-0.2, -0.15) is 0 Å². The van der Waals surface area contributed by atoms with E-state index in [9.17, 15) is 9.59 Å². The van der Waals surface area contributed by atoms with E-state index in [2.05, 4.69) is 36.1 Å². The number of likely N-dealkylation sites (tertiary alicyclic amines) is 1. The van der Waals surface area contributed by atoms with Gasteiger partial charge in [0.2, 0.25) is 11.8 Å². The highest BCUT2D eigenvalue weighted by Crippen LogP contribution is 2.66. The maximum absolute atomic E-state index is 13.5. The summed E-state index contributed by atoms with van der Waals surface area (Å²) >= 11 is 6.10. The van der Waals surface area contributed by atoms with Crippen LogP contribution in [0.15, 0.2) is 29.5 Å². The molecule has 36 heavy (non-hydrogen) atoms. The van der Waals surface area contributed by atoms with E-state index in [1.165, 1.54) is 11.3 Å². The second-order valence-electron chi connectivity index (χ2n) is 12.3. The molecule has 192 valence electrons. The third-order valence-electron chi connectivity index (χ3n) is 10.5.